The van der Waals surface area contributed by atoms with Crippen molar-refractivity contribution in [2.24, 2.45) is 0 Å². The molecule has 0 aliphatic carbocycles. The van der Waals surface area contributed by atoms with Crippen molar-refractivity contribution in [1.82, 2.24) is 0 Å². The summed E-state index contributed by atoms with van der Waals surface area (Å²) >= 11 is 0. The van der Waals surface area contributed by atoms with Gasteiger partial charge in [0.2, 0.25) is 0 Å². The summed E-state index contributed by atoms with van der Waals surface area (Å²) in [7, 11) is 6.16. The summed E-state index contributed by atoms with van der Waals surface area (Å²) in [6.07, 6.45) is -1.67. The van der Waals surface area contributed by atoms with Crippen LogP contribution in [-0.4, -0.2) is 94.3 Å². The van der Waals surface area contributed by atoms with Gasteiger partial charge < -0.3 is 39.9 Å². The standard InChI is InChI=1S/C5H14NO.C4H6O4.C4H8O3.C2H4O2/c1-6(2,3)4-5-7;5-3(6)1-2-4(7)8;1-2-3(5)4(6)7;1-2(3)4/h7H,4-5H2,1-3H3;1-2H2,(H,5,6)(H,7,8);3,5H,2H2,1H3,(H,6,7);1H3,(H,3,4)/q+1;;;/p-1. The lowest BCUT2D eigenvalue weighted by Crippen LogP contribution is -2.36. The molecule has 1 atom stereocenters. The average Bonchev–Trinajstić information content (AvgIpc) is 2.43. The third kappa shape index (κ3) is 57.6. The van der Waals surface area contributed by atoms with Crippen LogP contribution in [0.1, 0.15) is 33.1 Å². The predicted octanol–water partition coefficient (Wildman–Crippen LogP) is -1.78. The molecule has 0 aromatic carbocycles. The number of carboxylic acid groups (broad SMARTS) is 4. The molecule has 1 unspecified atom stereocenters. The fraction of sp³-hybridized carbons (Fsp3) is 0.733. The van der Waals surface area contributed by atoms with Gasteiger partial charge >= 0.3 is 11.9 Å². The summed E-state index contributed by atoms with van der Waals surface area (Å²) in [4.78, 5) is 37.9. The van der Waals surface area contributed by atoms with Crippen LogP contribution in [0.4, 0.5) is 0 Å². The molecule has 0 aromatic heterocycles. The zero-order chi connectivity index (χ0) is 21.9. The van der Waals surface area contributed by atoms with Gasteiger partial charge in [-0.15, -0.1) is 0 Å². The Balaban J connectivity index is -0.000000127. The van der Waals surface area contributed by atoms with Crippen molar-refractivity contribution in [3.8, 4) is 0 Å². The molecule has 11 nitrogen and oxygen atoms in total. The Kier molecular flexibility index (Phi) is 23.1. The van der Waals surface area contributed by atoms with Crippen molar-refractivity contribution < 1.29 is 54.3 Å². The van der Waals surface area contributed by atoms with Crippen LogP contribution >= 0.6 is 0 Å². The Bertz CT molecular complexity index is 386. The average molecular weight is 385 g/mol. The van der Waals surface area contributed by atoms with Crippen LogP contribution in [0.15, 0.2) is 0 Å². The summed E-state index contributed by atoms with van der Waals surface area (Å²) in [6.45, 7) is 3.77. The molecule has 0 heterocycles. The van der Waals surface area contributed by atoms with E-state index in [9.17, 15) is 19.5 Å². The third-order valence-corrected chi connectivity index (χ3v) is 1.98. The van der Waals surface area contributed by atoms with Gasteiger partial charge in [0.05, 0.1) is 52.7 Å². The number of carbonyl (C=O) groups is 4. The van der Waals surface area contributed by atoms with Crippen molar-refractivity contribution >= 4 is 23.9 Å². The van der Waals surface area contributed by atoms with E-state index in [1.807, 2.05) is 0 Å². The highest BCUT2D eigenvalue weighted by atomic mass is 16.4. The number of hydrogen-bond acceptors (Lipinski definition) is 7. The van der Waals surface area contributed by atoms with Crippen LogP contribution in [0.2, 0.25) is 0 Å². The fourth-order valence-corrected chi connectivity index (χ4v) is 0.681. The molecule has 0 aliphatic heterocycles. The Morgan fingerprint density at radius 3 is 1.31 bits per heavy atom. The summed E-state index contributed by atoms with van der Waals surface area (Å²) < 4.78 is 0.844. The number of likely N-dealkylation sites (N-methyl/N-ethyl adjacent to an activating group) is 1. The van der Waals surface area contributed by atoms with E-state index in [4.69, 9.17) is 30.3 Å². The Hall–Kier alpha value is -2.24. The maximum atomic E-state index is 9.64. The summed E-state index contributed by atoms with van der Waals surface area (Å²) in [6, 6.07) is 0. The zero-order valence-electron chi connectivity index (χ0n) is 15.8. The van der Waals surface area contributed by atoms with Gasteiger partial charge in [-0.25, -0.2) is 0 Å². The SMILES string of the molecule is CC(=O)O.CCC(O)C(=O)[O-].C[N+](C)(C)CCO.O=C(O)CCC(=O)O. The summed E-state index contributed by atoms with van der Waals surface area (Å²) in [5, 5.41) is 49.4. The monoisotopic (exact) mass is 385 g/mol. The molecule has 0 aliphatic rings. The van der Waals surface area contributed by atoms with Crippen LogP contribution in [-0.2, 0) is 19.2 Å². The van der Waals surface area contributed by atoms with Crippen molar-refractivity contribution in [1.29, 1.82) is 0 Å². The maximum absolute atomic E-state index is 9.64. The van der Waals surface area contributed by atoms with E-state index in [2.05, 4.69) is 21.1 Å². The van der Waals surface area contributed by atoms with Crippen molar-refractivity contribution in [3.63, 3.8) is 0 Å². The van der Waals surface area contributed by atoms with E-state index >= 15 is 0 Å². The molecule has 5 N–H and O–H groups in total. The molecule has 0 fully saturated rings. The molecule has 0 rings (SSSR count). The number of hydrogen-bond donors (Lipinski definition) is 5. The van der Waals surface area contributed by atoms with Crippen LogP contribution in [0.5, 0.6) is 0 Å². The highest BCUT2D eigenvalue weighted by Crippen LogP contribution is 1.86. The van der Waals surface area contributed by atoms with Crippen molar-refractivity contribution in [2.75, 3.05) is 34.3 Å². The highest BCUT2D eigenvalue weighted by molar-refractivity contribution is 5.75. The minimum Gasteiger partial charge on any atom is -0.547 e. The first kappa shape index (κ1) is 31.5. The van der Waals surface area contributed by atoms with Gasteiger partial charge in [0.25, 0.3) is 5.97 Å². The van der Waals surface area contributed by atoms with E-state index in [0.29, 0.717) is 0 Å². The molecule has 0 spiro atoms. The number of aliphatic hydroxyl groups is 2. The van der Waals surface area contributed by atoms with Crippen LogP contribution in [0.3, 0.4) is 0 Å². The first-order valence-corrected chi connectivity index (χ1v) is 7.53. The molecule has 0 aromatic rings. The molecule has 0 saturated heterocycles. The third-order valence-electron chi connectivity index (χ3n) is 1.98. The van der Waals surface area contributed by atoms with Gasteiger partial charge in [0, 0.05) is 6.92 Å². The first-order chi connectivity index (χ1) is 11.6. The number of carbonyl (C=O) groups excluding carboxylic acids is 1. The maximum Gasteiger partial charge on any atom is 0.303 e. The van der Waals surface area contributed by atoms with Gasteiger partial charge in [0.15, 0.2) is 0 Å². The second-order valence-corrected chi connectivity index (χ2v) is 5.79. The number of nitrogens with zero attached hydrogens (tertiary/aromatic N) is 1. The zero-order valence-corrected chi connectivity index (χ0v) is 15.8. The molecule has 11 heteroatoms. The van der Waals surface area contributed by atoms with Crippen molar-refractivity contribution in [2.45, 2.75) is 39.2 Å². The Morgan fingerprint density at radius 2 is 1.27 bits per heavy atom. The van der Waals surface area contributed by atoms with Gasteiger partial charge in [-0.2, -0.15) is 0 Å². The molecule has 26 heavy (non-hydrogen) atoms. The van der Waals surface area contributed by atoms with E-state index in [-0.39, 0.29) is 25.9 Å². The summed E-state index contributed by atoms with van der Waals surface area (Å²) in [5.74, 6) is -4.39. The molecular weight excluding hydrogens is 354 g/mol. The Morgan fingerprint density at radius 1 is 0.962 bits per heavy atom. The number of rotatable bonds is 7. The minimum atomic E-state index is -1.40. The quantitative estimate of drug-likeness (QED) is 0.313. The van der Waals surface area contributed by atoms with Crippen LogP contribution < -0.4 is 5.11 Å². The smallest absolute Gasteiger partial charge is 0.303 e. The number of aliphatic carboxylic acids is 4. The van der Waals surface area contributed by atoms with Gasteiger partial charge in [0.1, 0.15) is 6.54 Å². The molecule has 0 amide bonds. The fourth-order valence-electron chi connectivity index (χ4n) is 0.681. The van der Waals surface area contributed by atoms with E-state index in [0.717, 1.165) is 18.0 Å². The van der Waals surface area contributed by atoms with Gasteiger partial charge in [-0.05, 0) is 6.42 Å². The lowest BCUT2D eigenvalue weighted by Gasteiger charge is -2.21. The Labute approximate surface area is 152 Å². The van der Waals surface area contributed by atoms with E-state index in [1.54, 1.807) is 6.92 Å². The normalized spacial score (nSPS) is 10.4. The first-order valence-electron chi connectivity index (χ1n) is 7.53. The second-order valence-electron chi connectivity index (χ2n) is 5.79. The molecule has 0 saturated carbocycles. The van der Waals surface area contributed by atoms with Crippen LogP contribution in [0.25, 0.3) is 0 Å². The number of aliphatic hydroxyl groups excluding tert-OH is 2. The molecular formula is C15H31NO10. The predicted molar refractivity (Wildman–Crippen MR) is 89.1 cm³/mol. The van der Waals surface area contributed by atoms with Crippen LogP contribution in [0, 0.1) is 0 Å². The lowest BCUT2D eigenvalue weighted by molar-refractivity contribution is -0.870. The topological polar surface area (TPSA) is 192 Å². The number of carboxylic acids is 4. The van der Waals surface area contributed by atoms with Crippen molar-refractivity contribution in [3.05, 3.63) is 0 Å². The van der Waals surface area contributed by atoms with E-state index in [1.165, 1.54) is 0 Å². The number of quaternary nitrogens is 1. The second kappa shape index (κ2) is 19.1. The minimum absolute atomic E-state index is 0.211. The summed E-state index contributed by atoms with van der Waals surface area (Å²) in [5.41, 5.74) is 0. The van der Waals surface area contributed by atoms with Gasteiger partial charge in [-0.1, -0.05) is 6.92 Å². The largest absolute Gasteiger partial charge is 0.547 e. The molecule has 0 bridgehead atoms. The molecule has 156 valence electrons. The van der Waals surface area contributed by atoms with E-state index < -0.39 is 30.0 Å². The lowest BCUT2D eigenvalue weighted by atomic mass is 10.3. The molecule has 0 radical (unpaired) electrons. The highest BCUT2D eigenvalue weighted by Gasteiger charge is 2.02. The van der Waals surface area contributed by atoms with Gasteiger partial charge in [-0.3, -0.25) is 14.4 Å².